The standard InChI is InChI=1S/C16H21F3N2/c17-16(18,19)13-4-1-3-12(9-13)10-21-8-2-5-15(11-21)20-14-6-7-14/h1,3-4,9,14-15,20H,2,5-8,10-11H2. The highest BCUT2D eigenvalue weighted by Gasteiger charge is 2.31. The monoisotopic (exact) mass is 298 g/mol. The molecule has 21 heavy (non-hydrogen) atoms. The summed E-state index contributed by atoms with van der Waals surface area (Å²) in [4.78, 5) is 2.26. The van der Waals surface area contributed by atoms with E-state index in [1.807, 2.05) is 0 Å². The molecular formula is C16H21F3N2. The molecule has 0 spiro atoms. The molecule has 1 saturated carbocycles. The molecule has 5 heteroatoms. The lowest BCUT2D eigenvalue weighted by molar-refractivity contribution is -0.137. The van der Waals surface area contributed by atoms with Gasteiger partial charge in [0.15, 0.2) is 0 Å². The Morgan fingerprint density at radius 1 is 1.14 bits per heavy atom. The second kappa shape index (κ2) is 5.97. The van der Waals surface area contributed by atoms with Crippen LogP contribution < -0.4 is 5.32 Å². The molecule has 2 fully saturated rings. The number of alkyl halides is 3. The van der Waals surface area contributed by atoms with Gasteiger partial charge in [0.2, 0.25) is 0 Å². The molecule has 2 nitrogen and oxygen atoms in total. The molecule has 1 aliphatic heterocycles. The minimum absolute atomic E-state index is 0.497. The summed E-state index contributed by atoms with van der Waals surface area (Å²) in [6.07, 6.45) is 0.571. The minimum Gasteiger partial charge on any atom is -0.310 e. The predicted molar refractivity (Wildman–Crippen MR) is 75.9 cm³/mol. The molecule has 1 atom stereocenters. The molecule has 3 rings (SSSR count). The van der Waals surface area contributed by atoms with E-state index in [0.29, 0.717) is 18.6 Å². The molecule has 116 valence electrons. The minimum atomic E-state index is -4.26. The van der Waals surface area contributed by atoms with Gasteiger partial charge < -0.3 is 5.32 Å². The fourth-order valence-corrected chi connectivity index (χ4v) is 3.02. The Morgan fingerprint density at radius 2 is 1.95 bits per heavy atom. The quantitative estimate of drug-likeness (QED) is 0.916. The van der Waals surface area contributed by atoms with Crippen molar-refractivity contribution >= 4 is 0 Å². The summed E-state index contributed by atoms with van der Waals surface area (Å²) in [5.74, 6) is 0. The van der Waals surface area contributed by atoms with Gasteiger partial charge in [-0.15, -0.1) is 0 Å². The van der Waals surface area contributed by atoms with Crippen LogP contribution in [0.4, 0.5) is 13.2 Å². The summed E-state index contributed by atoms with van der Waals surface area (Å²) in [7, 11) is 0. The molecule has 0 bridgehead atoms. The van der Waals surface area contributed by atoms with Crippen LogP contribution in [0.25, 0.3) is 0 Å². The zero-order chi connectivity index (χ0) is 14.9. The maximum atomic E-state index is 12.7. The molecule has 1 unspecified atom stereocenters. The predicted octanol–water partition coefficient (Wildman–Crippen LogP) is 3.42. The highest BCUT2D eigenvalue weighted by Crippen LogP contribution is 2.30. The van der Waals surface area contributed by atoms with Crippen LogP contribution in [0.1, 0.15) is 36.8 Å². The second-order valence-electron chi connectivity index (χ2n) is 6.21. The SMILES string of the molecule is FC(F)(F)c1cccc(CN2CCCC(NC3CC3)C2)c1. The summed E-state index contributed by atoms with van der Waals surface area (Å²) >= 11 is 0. The molecule has 1 heterocycles. The smallest absolute Gasteiger partial charge is 0.310 e. The first-order valence-corrected chi connectivity index (χ1v) is 7.65. The van der Waals surface area contributed by atoms with Crippen LogP contribution >= 0.6 is 0 Å². The Balaban J connectivity index is 1.60. The number of benzene rings is 1. The van der Waals surface area contributed by atoms with Crippen molar-refractivity contribution in [2.75, 3.05) is 13.1 Å². The van der Waals surface area contributed by atoms with Gasteiger partial charge >= 0.3 is 6.18 Å². The van der Waals surface area contributed by atoms with E-state index in [0.717, 1.165) is 31.1 Å². The molecule has 0 amide bonds. The van der Waals surface area contributed by atoms with Gasteiger partial charge in [-0.1, -0.05) is 18.2 Å². The molecule has 0 radical (unpaired) electrons. The summed E-state index contributed by atoms with van der Waals surface area (Å²) in [6, 6.07) is 6.88. The summed E-state index contributed by atoms with van der Waals surface area (Å²) in [5.41, 5.74) is 0.196. The number of piperidine rings is 1. The summed E-state index contributed by atoms with van der Waals surface area (Å²) in [6.45, 7) is 2.51. The van der Waals surface area contributed by atoms with Crippen LogP contribution in [0.3, 0.4) is 0 Å². The fourth-order valence-electron chi connectivity index (χ4n) is 3.02. The van der Waals surface area contributed by atoms with Crippen molar-refractivity contribution in [3.63, 3.8) is 0 Å². The normalized spacial score (nSPS) is 24.2. The van der Waals surface area contributed by atoms with Crippen LogP contribution in [-0.4, -0.2) is 30.1 Å². The molecule has 1 aliphatic carbocycles. The average Bonchev–Trinajstić information content (AvgIpc) is 3.22. The first-order chi connectivity index (χ1) is 10.0. The molecule has 1 aromatic rings. The van der Waals surface area contributed by atoms with Crippen molar-refractivity contribution in [1.29, 1.82) is 0 Å². The molecule has 1 aromatic carbocycles. The van der Waals surface area contributed by atoms with Crippen LogP contribution in [-0.2, 0) is 12.7 Å². The van der Waals surface area contributed by atoms with Gasteiger partial charge in [-0.05, 0) is 43.9 Å². The van der Waals surface area contributed by atoms with Crippen molar-refractivity contribution in [2.24, 2.45) is 0 Å². The maximum absolute atomic E-state index is 12.7. The van der Waals surface area contributed by atoms with Crippen LogP contribution in [0.15, 0.2) is 24.3 Å². The molecule has 0 aromatic heterocycles. The van der Waals surface area contributed by atoms with Gasteiger partial charge in [-0.3, -0.25) is 4.90 Å². The highest BCUT2D eigenvalue weighted by atomic mass is 19.4. The highest BCUT2D eigenvalue weighted by molar-refractivity contribution is 5.25. The molecule has 1 N–H and O–H groups in total. The lowest BCUT2D eigenvalue weighted by Crippen LogP contribution is -2.46. The van der Waals surface area contributed by atoms with E-state index >= 15 is 0 Å². The van der Waals surface area contributed by atoms with Crippen LogP contribution in [0.2, 0.25) is 0 Å². The van der Waals surface area contributed by atoms with E-state index < -0.39 is 11.7 Å². The van der Waals surface area contributed by atoms with Gasteiger partial charge in [-0.25, -0.2) is 0 Å². The third kappa shape index (κ3) is 4.20. The van der Waals surface area contributed by atoms with E-state index in [1.54, 1.807) is 6.07 Å². The number of hydrogen-bond acceptors (Lipinski definition) is 2. The largest absolute Gasteiger partial charge is 0.416 e. The van der Waals surface area contributed by atoms with Crippen molar-refractivity contribution < 1.29 is 13.2 Å². The van der Waals surface area contributed by atoms with Gasteiger partial charge in [-0.2, -0.15) is 13.2 Å². The van der Waals surface area contributed by atoms with Gasteiger partial charge in [0.25, 0.3) is 0 Å². The van der Waals surface area contributed by atoms with Crippen molar-refractivity contribution in [1.82, 2.24) is 10.2 Å². The third-order valence-corrected chi connectivity index (χ3v) is 4.21. The lowest BCUT2D eigenvalue weighted by atomic mass is 10.0. The Kier molecular flexibility index (Phi) is 4.22. The van der Waals surface area contributed by atoms with Crippen LogP contribution in [0.5, 0.6) is 0 Å². The number of nitrogens with one attached hydrogen (secondary N) is 1. The first kappa shape index (κ1) is 14.9. The van der Waals surface area contributed by atoms with Gasteiger partial charge in [0.1, 0.15) is 0 Å². The van der Waals surface area contributed by atoms with Gasteiger partial charge in [0.05, 0.1) is 5.56 Å². The Morgan fingerprint density at radius 3 is 2.67 bits per heavy atom. The number of rotatable bonds is 4. The lowest BCUT2D eigenvalue weighted by Gasteiger charge is -2.33. The van der Waals surface area contributed by atoms with Crippen molar-refractivity contribution in [3.05, 3.63) is 35.4 Å². The van der Waals surface area contributed by atoms with E-state index in [4.69, 9.17) is 0 Å². The Bertz CT molecular complexity index is 483. The maximum Gasteiger partial charge on any atom is 0.416 e. The van der Waals surface area contributed by atoms with Gasteiger partial charge in [0, 0.05) is 25.2 Å². The molecule has 2 aliphatic rings. The zero-order valence-corrected chi connectivity index (χ0v) is 12.0. The molecular weight excluding hydrogens is 277 g/mol. The number of halogens is 3. The summed E-state index contributed by atoms with van der Waals surface area (Å²) < 4.78 is 38.2. The van der Waals surface area contributed by atoms with E-state index in [2.05, 4.69) is 10.2 Å². The van der Waals surface area contributed by atoms with E-state index in [1.165, 1.54) is 31.4 Å². The number of nitrogens with zero attached hydrogens (tertiary/aromatic N) is 1. The topological polar surface area (TPSA) is 15.3 Å². The zero-order valence-electron chi connectivity index (χ0n) is 12.0. The fraction of sp³-hybridized carbons (Fsp3) is 0.625. The van der Waals surface area contributed by atoms with Crippen molar-refractivity contribution in [3.8, 4) is 0 Å². The third-order valence-electron chi connectivity index (χ3n) is 4.21. The average molecular weight is 298 g/mol. The van der Waals surface area contributed by atoms with E-state index in [9.17, 15) is 13.2 Å². The number of hydrogen-bond donors (Lipinski definition) is 1. The first-order valence-electron chi connectivity index (χ1n) is 7.65. The summed E-state index contributed by atoms with van der Waals surface area (Å²) in [5, 5.41) is 3.62. The molecule has 1 saturated heterocycles. The van der Waals surface area contributed by atoms with Crippen molar-refractivity contribution in [2.45, 2.75) is 50.5 Å². The Hall–Kier alpha value is -1.07. The second-order valence-corrected chi connectivity index (χ2v) is 6.21. The van der Waals surface area contributed by atoms with Crippen LogP contribution in [0, 0.1) is 0 Å². The van der Waals surface area contributed by atoms with E-state index in [-0.39, 0.29) is 0 Å². The Labute approximate surface area is 123 Å². The number of likely N-dealkylation sites (tertiary alicyclic amines) is 1.